The highest BCUT2D eigenvalue weighted by atomic mass is 79.9. The normalized spacial score (nSPS) is 11.8. The predicted molar refractivity (Wildman–Crippen MR) is 89.5 cm³/mol. The fourth-order valence-corrected chi connectivity index (χ4v) is 2.92. The number of hydrogen-bond donors (Lipinski definition) is 3. The SMILES string of the molecule is CC(CCNC(=O)Nc1c(Br)cccc1Br)CCC(=O)O. The second-order valence-electron chi connectivity index (χ2n) is 4.80. The first-order valence-electron chi connectivity index (χ1n) is 6.60. The van der Waals surface area contributed by atoms with Crippen LogP contribution in [0.25, 0.3) is 0 Å². The van der Waals surface area contributed by atoms with Gasteiger partial charge < -0.3 is 15.7 Å². The summed E-state index contributed by atoms with van der Waals surface area (Å²) in [6.45, 7) is 2.49. The number of carboxylic acid groups (broad SMARTS) is 1. The molecular formula is C14H18Br2N2O3. The number of anilines is 1. The summed E-state index contributed by atoms with van der Waals surface area (Å²) in [6.07, 6.45) is 1.53. The quantitative estimate of drug-likeness (QED) is 0.616. The van der Waals surface area contributed by atoms with E-state index in [4.69, 9.17) is 5.11 Å². The van der Waals surface area contributed by atoms with Crippen molar-refractivity contribution < 1.29 is 14.7 Å². The van der Waals surface area contributed by atoms with Crippen molar-refractivity contribution in [3.05, 3.63) is 27.1 Å². The first-order chi connectivity index (χ1) is 9.90. The minimum Gasteiger partial charge on any atom is -0.481 e. The molecule has 0 saturated heterocycles. The Balaban J connectivity index is 2.33. The van der Waals surface area contributed by atoms with E-state index in [0.717, 1.165) is 15.4 Å². The highest BCUT2D eigenvalue weighted by Crippen LogP contribution is 2.30. The van der Waals surface area contributed by atoms with Crippen molar-refractivity contribution in [2.24, 2.45) is 5.92 Å². The zero-order chi connectivity index (χ0) is 15.8. The lowest BCUT2D eigenvalue weighted by Gasteiger charge is -2.13. The fraction of sp³-hybridized carbons (Fsp3) is 0.429. The van der Waals surface area contributed by atoms with Crippen molar-refractivity contribution in [3.63, 3.8) is 0 Å². The van der Waals surface area contributed by atoms with Crippen LogP contribution < -0.4 is 10.6 Å². The van der Waals surface area contributed by atoms with Gasteiger partial charge in [-0.05, 0) is 62.8 Å². The first-order valence-corrected chi connectivity index (χ1v) is 8.19. The first kappa shape index (κ1) is 18.0. The molecule has 21 heavy (non-hydrogen) atoms. The van der Waals surface area contributed by atoms with Crippen molar-refractivity contribution in [3.8, 4) is 0 Å². The maximum Gasteiger partial charge on any atom is 0.319 e. The van der Waals surface area contributed by atoms with Gasteiger partial charge >= 0.3 is 12.0 Å². The Kier molecular flexibility index (Phi) is 7.74. The van der Waals surface area contributed by atoms with Crippen molar-refractivity contribution in [2.45, 2.75) is 26.2 Å². The number of halogens is 2. The van der Waals surface area contributed by atoms with E-state index in [2.05, 4.69) is 42.5 Å². The van der Waals surface area contributed by atoms with E-state index < -0.39 is 5.97 Å². The van der Waals surface area contributed by atoms with Crippen LogP contribution in [-0.4, -0.2) is 23.7 Å². The zero-order valence-electron chi connectivity index (χ0n) is 11.7. The summed E-state index contributed by atoms with van der Waals surface area (Å²) in [5.74, 6) is -0.525. The largest absolute Gasteiger partial charge is 0.481 e. The molecule has 0 bridgehead atoms. The Hall–Kier alpha value is -1.08. The molecule has 0 aliphatic rings. The summed E-state index contributed by atoms with van der Waals surface area (Å²) in [4.78, 5) is 22.3. The highest BCUT2D eigenvalue weighted by Gasteiger charge is 2.09. The zero-order valence-corrected chi connectivity index (χ0v) is 14.8. The molecule has 1 aromatic carbocycles. The molecule has 5 nitrogen and oxygen atoms in total. The van der Waals surface area contributed by atoms with Crippen molar-refractivity contribution in [2.75, 3.05) is 11.9 Å². The Morgan fingerprint density at radius 3 is 2.43 bits per heavy atom. The summed E-state index contributed by atoms with van der Waals surface area (Å²) in [5.41, 5.74) is 0.675. The molecule has 0 aromatic heterocycles. The minimum atomic E-state index is -0.786. The molecule has 0 aliphatic heterocycles. The number of urea groups is 1. The van der Waals surface area contributed by atoms with E-state index in [1.54, 1.807) is 0 Å². The van der Waals surface area contributed by atoms with Crippen LogP contribution in [0.5, 0.6) is 0 Å². The van der Waals surface area contributed by atoms with E-state index in [0.29, 0.717) is 18.7 Å². The number of carboxylic acids is 1. The van der Waals surface area contributed by atoms with Crippen LogP contribution in [0.15, 0.2) is 27.1 Å². The molecule has 3 N–H and O–H groups in total. The number of rotatable bonds is 7. The Bertz CT molecular complexity index is 489. The second-order valence-corrected chi connectivity index (χ2v) is 6.51. The minimum absolute atomic E-state index is 0.164. The van der Waals surface area contributed by atoms with Crippen molar-refractivity contribution in [1.82, 2.24) is 5.32 Å². The summed E-state index contributed by atoms with van der Waals surface area (Å²) < 4.78 is 1.59. The predicted octanol–water partition coefficient (Wildman–Crippen LogP) is 4.22. The number of carbonyl (C=O) groups excluding carboxylic acids is 1. The average molecular weight is 422 g/mol. The molecule has 1 aromatic rings. The van der Waals surface area contributed by atoms with Gasteiger partial charge in [0.1, 0.15) is 0 Å². The molecule has 7 heteroatoms. The lowest BCUT2D eigenvalue weighted by atomic mass is 10.0. The monoisotopic (exact) mass is 420 g/mol. The van der Waals surface area contributed by atoms with Gasteiger partial charge in [-0.3, -0.25) is 4.79 Å². The molecule has 0 radical (unpaired) electrons. The van der Waals surface area contributed by atoms with Crippen LogP contribution in [0.2, 0.25) is 0 Å². The van der Waals surface area contributed by atoms with E-state index in [-0.39, 0.29) is 18.4 Å². The molecule has 0 saturated carbocycles. The number of benzene rings is 1. The third-order valence-corrected chi connectivity index (χ3v) is 4.30. The summed E-state index contributed by atoms with van der Waals surface area (Å²) in [5, 5.41) is 14.1. The van der Waals surface area contributed by atoms with Gasteiger partial charge in [-0.2, -0.15) is 0 Å². The Morgan fingerprint density at radius 2 is 1.86 bits per heavy atom. The maximum atomic E-state index is 11.8. The van der Waals surface area contributed by atoms with Crippen LogP contribution in [0.4, 0.5) is 10.5 Å². The van der Waals surface area contributed by atoms with E-state index >= 15 is 0 Å². The van der Waals surface area contributed by atoms with Crippen LogP contribution in [0.1, 0.15) is 26.2 Å². The van der Waals surface area contributed by atoms with Crippen molar-refractivity contribution in [1.29, 1.82) is 0 Å². The molecule has 116 valence electrons. The van der Waals surface area contributed by atoms with Crippen LogP contribution in [-0.2, 0) is 4.79 Å². The van der Waals surface area contributed by atoms with Crippen LogP contribution in [0.3, 0.4) is 0 Å². The summed E-state index contributed by atoms with van der Waals surface area (Å²) in [6, 6.07) is 5.26. The molecule has 0 spiro atoms. The van der Waals surface area contributed by atoms with E-state index in [9.17, 15) is 9.59 Å². The lowest BCUT2D eigenvalue weighted by Crippen LogP contribution is -2.30. The van der Waals surface area contributed by atoms with Crippen molar-refractivity contribution >= 4 is 49.5 Å². The molecule has 0 heterocycles. The standard InChI is InChI=1S/C14H18Br2N2O3/c1-9(5-6-12(19)20)7-8-17-14(21)18-13-10(15)3-2-4-11(13)16/h2-4,9H,5-8H2,1H3,(H,19,20)(H2,17,18,21). The summed E-state index contributed by atoms with van der Waals surface area (Å²) >= 11 is 6.75. The van der Waals surface area contributed by atoms with Crippen LogP contribution >= 0.6 is 31.9 Å². The molecule has 1 atom stereocenters. The van der Waals surface area contributed by atoms with Gasteiger partial charge in [0.2, 0.25) is 0 Å². The van der Waals surface area contributed by atoms with Crippen LogP contribution in [0, 0.1) is 5.92 Å². The maximum absolute atomic E-state index is 11.8. The van der Waals surface area contributed by atoms with Gasteiger partial charge in [0.05, 0.1) is 5.69 Å². The highest BCUT2D eigenvalue weighted by molar-refractivity contribution is 9.11. The van der Waals surface area contributed by atoms with Gasteiger partial charge in [-0.1, -0.05) is 13.0 Å². The van der Waals surface area contributed by atoms with Gasteiger partial charge in [0, 0.05) is 21.9 Å². The number of para-hydroxylation sites is 1. The fourth-order valence-electron chi connectivity index (χ4n) is 1.72. The number of hydrogen-bond acceptors (Lipinski definition) is 2. The summed E-state index contributed by atoms with van der Waals surface area (Å²) in [7, 11) is 0. The number of amides is 2. The average Bonchev–Trinajstić information content (AvgIpc) is 2.41. The topological polar surface area (TPSA) is 78.4 Å². The van der Waals surface area contributed by atoms with E-state index in [1.165, 1.54) is 0 Å². The molecule has 1 rings (SSSR count). The molecule has 1 unspecified atom stereocenters. The molecule has 0 aliphatic carbocycles. The second kappa shape index (κ2) is 9.04. The van der Waals surface area contributed by atoms with E-state index in [1.807, 2.05) is 25.1 Å². The number of carbonyl (C=O) groups is 2. The van der Waals surface area contributed by atoms with Gasteiger partial charge in [-0.25, -0.2) is 4.79 Å². The Morgan fingerprint density at radius 1 is 1.24 bits per heavy atom. The van der Waals surface area contributed by atoms with Gasteiger partial charge in [-0.15, -0.1) is 0 Å². The smallest absolute Gasteiger partial charge is 0.319 e. The van der Waals surface area contributed by atoms with Gasteiger partial charge in [0.15, 0.2) is 0 Å². The molecule has 2 amide bonds. The molecular weight excluding hydrogens is 404 g/mol. The number of nitrogens with one attached hydrogen (secondary N) is 2. The molecule has 0 fully saturated rings. The lowest BCUT2D eigenvalue weighted by molar-refractivity contribution is -0.137. The third-order valence-electron chi connectivity index (χ3n) is 2.97. The Labute approximate surface area is 140 Å². The number of aliphatic carboxylic acids is 1. The van der Waals surface area contributed by atoms with Gasteiger partial charge in [0.25, 0.3) is 0 Å². The third kappa shape index (κ3) is 6.95.